The Morgan fingerprint density at radius 3 is 2.54 bits per heavy atom. The Kier molecular flexibility index (Phi) is 3.96. The number of ketones is 2. The van der Waals surface area contributed by atoms with Gasteiger partial charge >= 0.3 is 5.97 Å². The van der Waals surface area contributed by atoms with Gasteiger partial charge < -0.3 is 9.84 Å². The Morgan fingerprint density at radius 2 is 1.85 bits per heavy atom. The monoisotopic (exact) mass is 360 g/mol. The van der Waals surface area contributed by atoms with Gasteiger partial charge in [0.15, 0.2) is 11.6 Å². The number of ether oxygens (including phenoxy) is 1. The Morgan fingerprint density at radius 1 is 1.15 bits per heavy atom. The zero-order valence-electron chi connectivity index (χ0n) is 15.8. The molecule has 0 aromatic heterocycles. The van der Waals surface area contributed by atoms with Crippen LogP contribution >= 0.6 is 0 Å². The zero-order chi connectivity index (χ0) is 18.9. The number of Topliss-reactive ketones (excluding diaryl/α,β-unsaturated/α-hetero) is 1. The summed E-state index contributed by atoms with van der Waals surface area (Å²) in [5.74, 6) is -0.266. The van der Waals surface area contributed by atoms with Crippen molar-refractivity contribution < 1.29 is 24.2 Å². The smallest absolute Gasteiger partial charge is 0.302 e. The summed E-state index contributed by atoms with van der Waals surface area (Å²) in [6.07, 6.45) is 5.06. The average molecular weight is 360 g/mol. The first-order valence-electron chi connectivity index (χ1n) is 9.81. The van der Waals surface area contributed by atoms with Crippen LogP contribution in [0.5, 0.6) is 0 Å². The molecule has 7 atom stereocenters. The first-order valence-corrected chi connectivity index (χ1v) is 9.81. The van der Waals surface area contributed by atoms with Crippen LogP contribution in [0.4, 0.5) is 0 Å². The van der Waals surface area contributed by atoms with E-state index >= 15 is 0 Å². The van der Waals surface area contributed by atoms with Crippen LogP contribution in [0.3, 0.4) is 0 Å². The molecule has 0 aromatic rings. The van der Waals surface area contributed by atoms with Gasteiger partial charge in [-0.05, 0) is 55.4 Å². The summed E-state index contributed by atoms with van der Waals surface area (Å²) in [7, 11) is 0. The molecule has 3 fully saturated rings. The van der Waals surface area contributed by atoms with E-state index < -0.39 is 11.5 Å². The molecule has 0 aliphatic heterocycles. The molecule has 0 amide bonds. The fraction of sp³-hybridized carbons (Fsp3) is 0.762. The number of allylic oxidation sites excluding steroid dienone is 1. The van der Waals surface area contributed by atoms with E-state index in [9.17, 15) is 19.5 Å². The molecule has 3 saturated carbocycles. The molecule has 5 nitrogen and oxygen atoms in total. The van der Waals surface area contributed by atoms with Crippen molar-refractivity contribution in [2.75, 3.05) is 0 Å². The summed E-state index contributed by atoms with van der Waals surface area (Å²) < 4.78 is 5.40. The van der Waals surface area contributed by atoms with Crippen molar-refractivity contribution >= 4 is 17.5 Å². The fourth-order valence-electron chi connectivity index (χ4n) is 6.50. The van der Waals surface area contributed by atoms with Gasteiger partial charge in [0, 0.05) is 24.7 Å². The lowest BCUT2D eigenvalue weighted by Crippen LogP contribution is -2.53. The van der Waals surface area contributed by atoms with E-state index in [4.69, 9.17) is 4.74 Å². The third-order valence-corrected chi connectivity index (χ3v) is 7.97. The summed E-state index contributed by atoms with van der Waals surface area (Å²) in [4.78, 5) is 36.9. The minimum absolute atomic E-state index is 0.0583. The Labute approximate surface area is 154 Å². The Balaban J connectivity index is 1.67. The quantitative estimate of drug-likeness (QED) is 0.727. The molecule has 4 rings (SSSR count). The molecule has 1 unspecified atom stereocenters. The molecule has 1 N–H and O–H groups in total. The molecule has 26 heavy (non-hydrogen) atoms. The minimum Gasteiger partial charge on any atom is -0.462 e. The van der Waals surface area contributed by atoms with Crippen LogP contribution in [-0.2, 0) is 19.1 Å². The van der Waals surface area contributed by atoms with Gasteiger partial charge in [-0.1, -0.05) is 19.4 Å². The van der Waals surface area contributed by atoms with E-state index in [0.717, 1.165) is 31.3 Å². The standard InChI is InChI=1S/C21H28O5/c1-11(22)26-13-4-6-20(2)12(8-13)9-16(23)18-14(20)5-7-21(3)15(18)10-17(24)19(21)25/h9,13-15,17-18,24H,4-8,10H2,1-3H3/t13-,14-,15-,17?,18+,20-,21-/m0/s1. The SMILES string of the molecule is CC(=O)O[C@H]1CC[C@@]2(C)C(=CC(=O)[C@@H]3[C@@H]2CC[C@]2(C)C(=O)C(O)C[C@@H]32)C1. The van der Waals surface area contributed by atoms with Gasteiger partial charge in [0.2, 0.25) is 0 Å². The number of aliphatic hydroxyl groups is 1. The van der Waals surface area contributed by atoms with Gasteiger partial charge in [-0.3, -0.25) is 14.4 Å². The summed E-state index contributed by atoms with van der Waals surface area (Å²) >= 11 is 0. The van der Waals surface area contributed by atoms with Crippen LogP contribution < -0.4 is 0 Å². The van der Waals surface area contributed by atoms with E-state index in [0.29, 0.717) is 12.8 Å². The van der Waals surface area contributed by atoms with Crippen LogP contribution in [0, 0.1) is 28.6 Å². The molecule has 0 spiro atoms. The van der Waals surface area contributed by atoms with Crippen molar-refractivity contribution in [1.82, 2.24) is 0 Å². The summed E-state index contributed by atoms with van der Waals surface area (Å²) in [5, 5.41) is 10.2. The molecule has 0 bridgehead atoms. The summed E-state index contributed by atoms with van der Waals surface area (Å²) in [5.41, 5.74) is 0.467. The Hall–Kier alpha value is -1.49. The molecule has 0 saturated heterocycles. The molecule has 4 aliphatic carbocycles. The van der Waals surface area contributed by atoms with E-state index in [2.05, 4.69) is 6.92 Å². The largest absolute Gasteiger partial charge is 0.462 e. The number of rotatable bonds is 1. The second-order valence-corrected chi connectivity index (χ2v) is 9.27. The predicted octanol–water partition coefficient (Wildman–Crippen LogP) is 2.60. The number of fused-ring (bicyclic) bond motifs is 5. The van der Waals surface area contributed by atoms with Crippen LogP contribution in [0.15, 0.2) is 11.6 Å². The molecule has 142 valence electrons. The number of hydrogen-bond donors (Lipinski definition) is 1. The highest BCUT2D eigenvalue weighted by molar-refractivity contribution is 5.97. The molecular weight excluding hydrogens is 332 g/mol. The maximum atomic E-state index is 13.1. The Bertz CT molecular complexity index is 709. The summed E-state index contributed by atoms with van der Waals surface area (Å²) in [6.45, 7) is 5.61. The minimum atomic E-state index is -0.922. The number of aliphatic hydroxyl groups excluding tert-OH is 1. The molecular formula is C21H28O5. The van der Waals surface area contributed by atoms with E-state index in [1.165, 1.54) is 6.92 Å². The lowest BCUT2D eigenvalue weighted by Gasteiger charge is -2.55. The van der Waals surface area contributed by atoms with Crippen LogP contribution in [-0.4, -0.2) is 34.9 Å². The third kappa shape index (κ3) is 2.35. The lowest BCUT2D eigenvalue weighted by atomic mass is 9.48. The van der Waals surface area contributed by atoms with Gasteiger partial charge in [0.25, 0.3) is 0 Å². The molecule has 4 aliphatic rings. The topological polar surface area (TPSA) is 80.7 Å². The van der Waals surface area contributed by atoms with Crippen LogP contribution in [0.25, 0.3) is 0 Å². The second-order valence-electron chi connectivity index (χ2n) is 9.27. The first kappa shape index (κ1) is 17.9. The van der Waals surface area contributed by atoms with Gasteiger partial charge in [0.1, 0.15) is 12.2 Å². The number of esters is 1. The number of hydrogen-bond acceptors (Lipinski definition) is 5. The van der Waals surface area contributed by atoms with Gasteiger partial charge in [-0.25, -0.2) is 0 Å². The highest BCUT2D eigenvalue weighted by Gasteiger charge is 2.63. The normalized spacial score (nSPS) is 47.5. The van der Waals surface area contributed by atoms with Crippen molar-refractivity contribution in [3.8, 4) is 0 Å². The fourth-order valence-corrected chi connectivity index (χ4v) is 6.50. The van der Waals surface area contributed by atoms with Gasteiger partial charge in [-0.2, -0.15) is 0 Å². The predicted molar refractivity (Wildman–Crippen MR) is 94.0 cm³/mol. The zero-order valence-corrected chi connectivity index (χ0v) is 15.8. The first-order chi connectivity index (χ1) is 12.2. The molecule has 5 heteroatoms. The second kappa shape index (κ2) is 5.75. The van der Waals surface area contributed by atoms with E-state index in [1.807, 2.05) is 6.92 Å². The highest BCUT2D eigenvalue weighted by atomic mass is 16.5. The van der Waals surface area contributed by atoms with Crippen molar-refractivity contribution in [2.24, 2.45) is 28.6 Å². The van der Waals surface area contributed by atoms with Crippen LogP contribution in [0.2, 0.25) is 0 Å². The summed E-state index contributed by atoms with van der Waals surface area (Å²) in [6, 6.07) is 0. The highest BCUT2D eigenvalue weighted by Crippen LogP contribution is 2.63. The number of carbonyl (C=O) groups excluding carboxylic acids is 3. The molecule has 0 heterocycles. The molecule has 0 radical (unpaired) electrons. The van der Waals surface area contributed by atoms with Gasteiger partial charge in [-0.15, -0.1) is 0 Å². The lowest BCUT2D eigenvalue weighted by molar-refractivity contribution is -0.149. The third-order valence-electron chi connectivity index (χ3n) is 7.97. The molecule has 0 aromatic carbocycles. The van der Waals surface area contributed by atoms with Gasteiger partial charge in [0.05, 0.1) is 0 Å². The van der Waals surface area contributed by atoms with Crippen molar-refractivity contribution in [2.45, 2.75) is 71.5 Å². The van der Waals surface area contributed by atoms with Crippen LogP contribution in [0.1, 0.15) is 59.3 Å². The maximum Gasteiger partial charge on any atom is 0.302 e. The van der Waals surface area contributed by atoms with Crippen molar-refractivity contribution in [1.29, 1.82) is 0 Å². The van der Waals surface area contributed by atoms with Crippen molar-refractivity contribution in [3.63, 3.8) is 0 Å². The maximum absolute atomic E-state index is 13.1. The average Bonchev–Trinajstić information content (AvgIpc) is 2.79. The van der Waals surface area contributed by atoms with E-state index in [-0.39, 0.29) is 46.8 Å². The van der Waals surface area contributed by atoms with E-state index in [1.54, 1.807) is 6.08 Å². The van der Waals surface area contributed by atoms with Crippen molar-refractivity contribution in [3.05, 3.63) is 11.6 Å². The number of carbonyl (C=O) groups is 3.